The SMILES string of the molecule is C[C@@H](Nc1ccc(C#N)cc1)C(N)=O.Cl. The Morgan fingerprint density at radius 1 is 1.47 bits per heavy atom. The van der Waals surface area contributed by atoms with Crippen molar-refractivity contribution in [1.82, 2.24) is 0 Å². The number of halogens is 1. The Kier molecular flexibility index (Phi) is 5.21. The molecular formula is C10H12ClN3O. The van der Waals surface area contributed by atoms with Crippen molar-refractivity contribution in [1.29, 1.82) is 5.26 Å². The Bertz CT molecular complexity index is 369. The second-order valence-electron chi connectivity index (χ2n) is 2.96. The van der Waals surface area contributed by atoms with E-state index < -0.39 is 11.9 Å². The van der Waals surface area contributed by atoms with Crippen LogP contribution in [0.2, 0.25) is 0 Å². The predicted octanol–water partition coefficient (Wildman–Crippen LogP) is 1.27. The smallest absolute Gasteiger partial charge is 0.239 e. The molecule has 0 bridgehead atoms. The molecule has 80 valence electrons. The number of rotatable bonds is 3. The van der Waals surface area contributed by atoms with Crippen molar-refractivity contribution >= 4 is 24.0 Å². The van der Waals surface area contributed by atoms with Gasteiger partial charge in [0, 0.05) is 5.69 Å². The van der Waals surface area contributed by atoms with Gasteiger partial charge in [0.15, 0.2) is 0 Å². The summed E-state index contributed by atoms with van der Waals surface area (Å²) < 4.78 is 0. The van der Waals surface area contributed by atoms with E-state index in [4.69, 9.17) is 11.0 Å². The maximum atomic E-state index is 10.7. The van der Waals surface area contributed by atoms with Crippen LogP contribution in [-0.4, -0.2) is 11.9 Å². The van der Waals surface area contributed by atoms with Crippen molar-refractivity contribution in [2.24, 2.45) is 5.73 Å². The number of primary amides is 1. The minimum atomic E-state index is -0.414. The summed E-state index contributed by atoms with van der Waals surface area (Å²) >= 11 is 0. The highest BCUT2D eigenvalue weighted by atomic mass is 35.5. The van der Waals surface area contributed by atoms with Gasteiger partial charge >= 0.3 is 0 Å². The van der Waals surface area contributed by atoms with Gasteiger partial charge in [0.25, 0.3) is 0 Å². The zero-order chi connectivity index (χ0) is 10.6. The third-order valence-corrected chi connectivity index (χ3v) is 1.82. The lowest BCUT2D eigenvalue weighted by Crippen LogP contribution is -2.32. The number of amides is 1. The fraction of sp³-hybridized carbons (Fsp3) is 0.200. The fourth-order valence-electron chi connectivity index (χ4n) is 0.962. The number of nitriles is 1. The molecule has 4 nitrogen and oxygen atoms in total. The molecule has 1 rings (SSSR count). The maximum Gasteiger partial charge on any atom is 0.239 e. The molecule has 0 saturated heterocycles. The molecule has 0 unspecified atom stereocenters. The number of nitrogens with zero attached hydrogens (tertiary/aromatic N) is 1. The molecule has 0 heterocycles. The Labute approximate surface area is 94.5 Å². The van der Waals surface area contributed by atoms with E-state index in [1.807, 2.05) is 6.07 Å². The highest BCUT2D eigenvalue weighted by molar-refractivity contribution is 5.85. The van der Waals surface area contributed by atoms with E-state index in [0.717, 1.165) is 5.69 Å². The summed E-state index contributed by atoms with van der Waals surface area (Å²) in [5.41, 5.74) is 6.44. The Hall–Kier alpha value is -1.73. The van der Waals surface area contributed by atoms with Crippen LogP contribution in [0.4, 0.5) is 5.69 Å². The highest BCUT2D eigenvalue weighted by Crippen LogP contribution is 2.09. The molecule has 0 saturated carbocycles. The zero-order valence-corrected chi connectivity index (χ0v) is 9.04. The number of nitrogens with one attached hydrogen (secondary N) is 1. The van der Waals surface area contributed by atoms with Crippen LogP contribution in [0.3, 0.4) is 0 Å². The second kappa shape index (κ2) is 5.89. The second-order valence-corrected chi connectivity index (χ2v) is 2.96. The van der Waals surface area contributed by atoms with E-state index in [0.29, 0.717) is 5.56 Å². The molecule has 0 aliphatic heterocycles. The molecule has 0 aromatic heterocycles. The van der Waals surface area contributed by atoms with Crippen LogP contribution in [0.1, 0.15) is 12.5 Å². The summed E-state index contributed by atoms with van der Waals surface area (Å²) in [7, 11) is 0. The third kappa shape index (κ3) is 3.88. The molecule has 1 aromatic rings. The van der Waals surface area contributed by atoms with Crippen LogP contribution in [0.25, 0.3) is 0 Å². The molecular weight excluding hydrogens is 214 g/mol. The summed E-state index contributed by atoms with van der Waals surface area (Å²) in [6, 6.07) is 8.42. The van der Waals surface area contributed by atoms with Crippen molar-refractivity contribution in [3.8, 4) is 6.07 Å². The van der Waals surface area contributed by atoms with Crippen LogP contribution < -0.4 is 11.1 Å². The predicted molar refractivity (Wildman–Crippen MR) is 60.7 cm³/mol. The molecule has 0 aliphatic carbocycles. The lowest BCUT2D eigenvalue weighted by molar-refractivity contribution is -0.118. The number of carbonyl (C=O) groups is 1. The van der Waals surface area contributed by atoms with Gasteiger partial charge in [-0.3, -0.25) is 4.79 Å². The standard InChI is InChI=1S/C10H11N3O.ClH/c1-7(10(12)14)13-9-4-2-8(6-11)3-5-9;/h2-5,7,13H,1H3,(H2,12,14);1H/t7-;/m1./s1. The highest BCUT2D eigenvalue weighted by Gasteiger charge is 2.06. The first-order chi connectivity index (χ1) is 6.63. The van der Waals surface area contributed by atoms with Crippen LogP contribution in [0, 0.1) is 11.3 Å². The van der Waals surface area contributed by atoms with Gasteiger partial charge in [-0.2, -0.15) is 5.26 Å². The number of carbonyl (C=O) groups excluding carboxylic acids is 1. The number of hydrogen-bond donors (Lipinski definition) is 2. The van der Waals surface area contributed by atoms with Crippen LogP contribution in [0.5, 0.6) is 0 Å². The molecule has 0 aliphatic rings. The Morgan fingerprint density at radius 3 is 2.40 bits per heavy atom. The maximum absolute atomic E-state index is 10.7. The minimum absolute atomic E-state index is 0. The summed E-state index contributed by atoms with van der Waals surface area (Å²) in [6.07, 6.45) is 0. The summed E-state index contributed by atoms with van der Waals surface area (Å²) in [6.45, 7) is 1.68. The molecule has 1 aromatic carbocycles. The molecule has 5 heteroatoms. The lowest BCUT2D eigenvalue weighted by atomic mass is 10.2. The van der Waals surface area contributed by atoms with Gasteiger partial charge in [-0.05, 0) is 31.2 Å². The first kappa shape index (κ1) is 13.3. The molecule has 3 N–H and O–H groups in total. The third-order valence-electron chi connectivity index (χ3n) is 1.82. The first-order valence-electron chi connectivity index (χ1n) is 4.19. The number of anilines is 1. The fourth-order valence-corrected chi connectivity index (χ4v) is 0.962. The van der Waals surface area contributed by atoms with Crippen LogP contribution in [-0.2, 0) is 4.79 Å². The average molecular weight is 226 g/mol. The van der Waals surface area contributed by atoms with E-state index in [1.54, 1.807) is 31.2 Å². The number of hydrogen-bond acceptors (Lipinski definition) is 3. The van der Waals surface area contributed by atoms with Gasteiger partial charge in [0.05, 0.1) is 11.6 Å². The van der Waals surface area contributed by atoms with Crippen molar-refractivity contribution in [2.75, 3.05) is 5.32 Å². The van der Waals surface area contributed by atoms with E-state index >= 15 is 0 Å². The summed E-state index contributed by atoms with van der Waals surface area (Å²) in [4.78, 5) is 10.7. The summed E-state index contributed by atoms with van der Waals surface area (Å²) in [5.74, 6) is -0.408. The number of benzene rings is 1. The van der Waals surface area contributed by atoms with Crippen molar-refractivity contribution in [3.05, 3.63) is 29.8 Å². The first-order valence-corrected chi connectivity index (χ1v) is 4.19. The largest absolute Gasteiger partial charge is 0.374 e. The van der Waals surface area contributed by atoms with Gasteiger partial charge in [-0.15, -0.1) is 12.4 Å². The normalized spacial score (nSPS) is 10.7. The molecule has 15 heavy (non-hydrogen) atoms. The van der Waals surface area contributed by atoms with Crippen molar-refractivity contribution < 1.29 is 4.79 Å². The van der Waals surface area contributed by atoms with Gasteiger partial charge in [-0.1, -0.05) is 0 Å². The van der Waals surface area contributed by atoms with Gasteiger partial charge < -0.3 is 11.1 Å². The van der Waals surface area contributed by atoms with E-state index in [1.165, 1.54) is 0 Å². The molecule has 0 radical (unpaired) electrons. The quantitative estimate of drug-likeness (QED) is 0.813. The Morgan fingerprint density at radius 2 is 2.00 bits per heavy atom. The average Bonchev–Trinajstić information content (AvgIpc) is 2.19. The van der Waals surface area contributed by atoms with E-state index in [9.17, 15) is 4.79 Å². The van der Waals surface area contributed by atoms with Gasteiger partial charge in [0.1, 0.15) is 6.04 Å². The van der Waals surface area contributed by atoms with E-state index in [2.05, 4.69) is 5.32 Å². The van der Waals surface area contributed by atoms with Crippen LogP contribution in [0.15, 0.2) is 24.3 Å². The molecule has 0 fully saturated rings. The summed E-state index contributed by atoms with van der Waals surface area (Å²) in [5, 5.41) is 11.5. The molecule has 1 amide bonds. The molecule has 1 atom stereocenters. The van der Waals surface area contributed by atoms with Gasteiger partial charge in [-0.25, -0.2) is 0 Å². The van der Waals surface area contributed by atoms with Crippen LogP contribution >= 0.6 is 12.4 Å². The van der Waals surface area contributed by atoms with Gasteiger partial charge in [0.2, 0.25) is 5.91 Å². The monoisotopic (exact) mass is 225 g/mol. The number of nitrogens with two attached hydrogens (primary N) is 1. The lowest BCUT2D eigenvalue weighted by Gasteiger charge is -2.10. The topological polar surface area (TPSA) is 78.9 Å². The zero-order valence-electron chi connectivity index (χ0n) is 8.23. The Balaban J connectivity index is 0.00000196. The van der Waals surface area contributed by atoms with Crippen molar-refractivity contribution in [3.63, 3.8) is 0 Å². The minimum Gasteiger partial charge on any atom is -0.374 e. The van der Waals surface area contributed by atoms with Crippen molar-refractivity contribution in [2.45, 2.75) is 13.0 Å². The molecule has 0 spiro atoms. The van der Waals surface area contributed by atoms with E-state index in [-0.39, 0.29) is 12.4 Å².